The third kappa shape index (κ3) is 2.54. The van der Waals surface area contributed by atoms with Crippen LogP contribution in [-0.2, 0) is 11.8 Å². The average molecular weight is 238 g/mol. The first-order valence-corrected chi connectivity index (χ1v) is 6.23. The van der Waals surface area contributed by atoms with Crippen molar-refractivity contribution >= 4 is 11.5 Å². The molecule has 17 heavy (non-hydrogen) atoms. The maximum absolute atomic E-state index is 6.01. The molecule has 3 N–H and O–H groups in total. The maximum Gasteiger partial charge on any atom is 0.147 e. The van der Waals surface area contributed by atoms with Crippen LogP contribution < -0.4 is 11.1 Å². The first-order chi connectivity index (χ1) is 8.09. The van der Waals surface area contributed by atoms with Gasteiger partial charge in [-0.15, -0.1) is 0 Å². The van der Waals surface area contributed by atoms with Gasteiger partial charge in [-0.05, 0) is 32.6 Å². The third-order valence-corrected chi connectivity index (χ3v) is 3.61. The summed E-state index contributed by atoms with van der Waals surface area (Å²) in [5.74, 6) is 1.58. The van der Waals surface area contributed by atoms with E-state index in [0.717, 1.165) is 43.3 Å². The van der Waals surface area contributed by atoms with Crippen LogP contribution in [0.3, 0.4) is 0 Å². The van der Waals surface area contributed by atoms with E-state index >= 15 is 0 Å². The maximum atomic E-state index is 6.01. The molecule has 2 rings (SSSR count). The van der Waals surface area contributed by atoms with Crippen LogP contribution in [0.4, 0.5) is 11.5 Å². The SMILES string of the molecule is Cc1nn(C)c(NC(C)C2CCOCC2)c1N. The molecule has 0 bridgehead atoms. The number of hydrogen-bond acceptors (Lipinski definition) is 4. The van der Waals surface area contributed by atoms with Gasteiger partial charge in [0.2, 0.25) is 0 Å². The van der Waals surface area contributed by atoms with Gasteiger partial charge in [0.05, 0.1) is 11.4 Å². The number of ether oxygens (including phenoxy) is 1. The van der Waals surface area contributed by atoms with Crippen LogP contribution in [0.25, 0.3) is 0 Å². The summed E-state index contributed by atoms with van der Waals surface area (Å²) in [5, 5.41) is 7.80. The predicted molar refractivity (Wildman–Crippen MR) is 69.0 cm³/mol. The zero-order valence-corrected chi connectivity index (χ0v) is 10.9. The van der Waals surface area contributed by atoms with Gasteiger partial charge in [-0.3, -0.25) is 4.68 Å². The van der Waals surface area contributed by atoms with Gasteiger partial charge in [-0.1, -0.05) is 0 Å². The molecular formula is C12H22N4O. The van der Waals surface area contributed by atoms with E-state index in [9.17, 15) is 0 Å². The van der Waals surface area contributed by atoms with E-state index in [-0.39, 0.29) is 0 Å². The molecule has 1 aliphatic heterocycles. The molecule has 1 unspecified atom stereocenters. The highest BCUT2D eigenvalue weighted by Gasteiger charge is 2.22. The van der Waals surface area contributed by atoms with Gasteiger partial charge >= 0.3 is 0 Å². The van der Waals surface area contributed by atoms with Gasteiger partial charge in [-0.25, -0.2) is 0 Å². The molecule has 1 atom stereocenters. The molecule has 0 radical (unpaired) electrons. The molecule has 0 amide bonds. The lowest BCUT2D eigenvalue weighted by Crippen LogP contribution is -2.31. The third-order valence-electron chi connectivity index (χ3n) is 3.61. The van der Waals surface area contributed by atoms with Crippen LogP contribution in [0.15, 0.2) is 0 Å². The minimum Gasteiger partial charge on any atom is -0.394 e. The summed E-state index contributed by atoms with van der Waals surface area (Å²) in [4.78, 5) is 0. The molecule has 0 aromatic carbocycles. The monoisotopic (exact) mass is 238 g/mol. The second-order valence-electron chi connectivity index (χ2n) is 4.85. The van der Waals surface area contributed by atoms with Crippen molar-refractivity contribution in [1.29, 1.82) is 0 Å². The highest BCUT2D eigenvalue weighted by atomic mass is 16.5. The second-order valence-corrected chi connectivity index (χ2v) is 4.85. The van der Waals surface area contributed by atoms with Crippen molar-refractivity contribution < 1.29 is 4.74 Å². The molecule has 1 aliphatic rings. The standard InChI is InChI=1S/C12H22N4O/c1-8(10-4-6-17-7-5-10)14-12-11(13)9(2)15-16(12)3/h8,10,14H,4-7,13H2,1-3H3. The van der Waals surface area contributed by atoms with Crippen molar-refractivity contribution in [2.24, 2.45) is 13.0 Å². The van der Waals surface area contributed by atoms with E-state index in [0.29, 0.717) is 12.0 Å². The Labute approximate surface area is 102 Å². The van der Waals surface area contributed by atoms with Crippen molar-refractivity contribution in [1.82, 2.24) is 9.78 Å². The number of anilines is 2. The van der Waals surface area contributed by atoms with E-state index in [1.807, 2.05) is 18.7 Å². The molecule has 1 aromatic rings. The van der Waals surface area contributed by atoms with E-state index in [2.05, 4.69) is 17.3 Å². The summed E-state index contributed by atoms with van der Waals surface area (Å²) in [5.41, 5.74) is 7.65. The van der Waals surface area contributed by atoms with Gasteiger partial charge in [0.1, 0.15) is 5.82 Å². The number of nitrogens with zero attached hydrogens (tertiary/aromatic N) is 2. The summed E-state index contributed by atoms with van der Waals surface area (Å²) < 4.78 is 7.20. The quantitative estimate of drug-likeness (QED) is 0.838. The van der Waals surface area contributed by atoms with Crippen LogP contribution in [0.1, 0.15) is 25.5 Å². The van der Waals surface area contributed by atoms with Gasteiger partial charge in [-0.2, -0.15) is 5.10 Å². The lowest BCUT2D eigenvalue weighted by molar-refractivity contribution is 0.0622. The van der Waals surface area contributed by atoms with E-state index in [4.69, 9.17) is 10.5 Å². The normalized spacial score (nSPS) is 19.2. The Kier molecular flexibility index (Phi) is 3.57. The van der Waals surface area contributed by atoms with Crippen molar-refractivity contribution in [2.75, 3.05) is 24.3 Å². The number of nitrogens with one attached hydrogen (secondary N) is 1. The van der Waals surface area contributed by atoms with E-state index in [1.165, 1.54) is 0 Å². The smallest absolute Gasteiger partial charge is 0.147 e. The fraction of sp³-hybridized carbons (Fsp3) is 0.750. The first kappa shape index (κ1) is 12.2. The van der Waals surface area contributed by atoms with Crippen LogP contribution >= 0.6 is 0 Å². The Morgan fingerprint density at radius 1 is 1.47 bits per heavy atom. The topological polar surface area (TPSA) is 65.1 Å². The Morgan fingerprint density at radius 3 is 2.65 bits per heavy atom. The molecule has 1 saturated heterocycles. The molecule has 0 saturated carbocycles. The summed E-state index contributed by atoms with van der Waals surface area (Å²) in [6, 6.07) is 0.399. The molecule has 1 aromatic heterocycles. The van der Waals surface area contributed by atoms with Gasteiger partial charge in [0.25, 0.3) is 0 Å². The Morgan fingerprint density at radius 2 is 2.12 bits per heavy atom. The summed E-state index contributed by atoms with van der Waals surface area (Å²) >= 11 is 0. The molecule has 0 aliphatic carbocycles. The van der Waals surface area contributed by atoms with Crippen LogP contribution in [-0.4, -0.2) is 29.0 Å². The lowest BCUT2D eigenvalue weighted by atomic mass is 9.93. The van der Waals surface area contributed by atoms with Gasteiger partial charge in [0.15, 0.2) is 0 Å². The number of aromatic nitrogens is 2. The number of aryl methyl sites for hydroxylation is 2. The fourth-order valence-electron chi connectivity index (χ4n) is 2.40. The molecule has 0 spiro atoms. The highest BCUT2D eigenvalue weighted by molar-refractivity contribution is 5.64. The van der Waals surface area contributed by atoms with Gasteiger partial charge in [0, 0.05) is 26.3 Å². The number of nitrogen functional groups attached to an aromatic ring is 1. The fourth-order valence-corrected chi connectivity index (χ4v) is 2.40. The minimum absolute atomic E-state index is 0.399. The molecule has 2 heterocycles. The summed E-state index contributed by atoms with van der Waals surface area (Å²) in [7, 11) is 1.92. The van der Waals surface area contributed by atoms with Crippen molar-refractivity contribution in [3.63, 3.8) is 0 Å². The average Bonchev–Trinajstić information content (AvgIpc) is 2.57. The number of hydrogen-bond donors (Lipinski definition) is 2. The highest BCUT2D eigenvalue weighted by Crippen LogP contribution is 2.26. The van der Waals surface area contributed by atoms with Crippen molar-refractivity contribution in [3.8, 4) is 0 Å². The summed E-state index contributed by atoms with van der Waals surface area (Å²) in [6.07, 6.45) is 2.23. The van der Waals surface area contributed by atoms with Crippen LogP contribution in [0, 0.1) is 12.8 Å². The number of nitrogens with two attached hydrogens (primary N) is 1. The van der Waals surface area contributed by atoms with Crippen molar-refractivity contribution in [2.45, 2.75) is 32.7 Å². The second kappa shape index (κ2) is 4.96. The largest absolute Gasteiger partial charge is 0.394 e. The van der Waals surface area contributed by atoms with Gasteiger partial charge < -0.3 is 15.8 Å². The van der Waals surface area contributed by atoms with Crippen molar-refractivity contribution in [3.05, 3.63) is 5.69 Å². The summed E-state index contributed by atoms with van der Waals surface area (Å²) in [6.45, 7) is 5.88. The Hall–Kier alpha value is -1.23. The molecular weight excluding hydrogens is 216 g/mol. The molecule has 1 fully saturated rings. The van der Waals surface area contributed by atoms with Crippen LogP contribution in [0.5, 0.6) is 0 Å². The van der Waals surface area contributed by atoms with E-state index < -0.39 is 0 Å². The first-order valence-electron chi connectivity index (χ1n) is 6.23. The zero-order chi connectivity index (χ0) is 12.4. The molecule has 5 nitrogen and oxygen atoms in total. The van der Waals surface area contributed by atoms with E-state index in [1.54, 1.807) is 0 Å². The molecule has 96 valence electrons. The zero-order valence-electron chi connectivity index (χ0n) is 10.9. The predicted octanol–water partition coefficient (Wildman–Crippen LogP) is 1.54. The number of rotatable bonds is 3. The van der Waals surface area contributed by atoms with Crippen LogP contribution in [0.2, 0.25) is 0 Å². The Balaban J connectivity index is 2.04. The Bertz CT molecular complexity index is 382. The molecule has 5 heteroatoms. The minimum atomic E-state index is 0.399. The lowest BCUT2D eigenvalue weighted by Gasteiger charge is -2.29.